The maximum Gasteiger partial charge on any atom is 0.308 e. The van der Waals surface area contributed by atoms with Crippen LogP contribution >= 0.6 is 11.6 Å². The van der Waals surface area contributed by atoms with Crippen LogP contribution in [0, 0.1) is 0 Å². The molecule has 1 atom stereocenters. The van der Waals surface area contributed by atoms with Gasteiger partial charge >= 0.3 is 5.97 Å². The Kier molecular flexibility index (Phi) is 9.47. The summed E-state index contributed by atoms with van der Waals surface area (Å²) in [6.45, 7) is 1.68. The van der Waals surface area contributed by atoms with Crippen molar-refractivity contribution in [2.45, 2.75) is 19.4 Å². The van der Waals surface area contributed by atoms with Crippen molar-refractivity contribution in [3.63, 3.8) is 0 Å². The Morgan fingerprint density at radius 2 is 1.94 bits per heavy atom. The van der Waals surface area contributed by atoms with Crippen LogP contribution in [0.5, 0.6) is 0 Å². The maximum atomic E-state index is 12.4. The Morgan fingerprint density at radius 3 is 2.61 bits per heavy atom. The normalized spacial score (nSPS) is 11.6. The Morgan fingerprint density at radius 1 is 1.19 bits per heavy atom. The maximum absolute atomic E-state index is 12.4. The van der Waals surface area contributed by atoms with Gasteiger partial charge in [-0.2, -0.15) is 0 Å². The summed E-state index contributed by atoms with van der Waals surface area (Å²) in [6, 6.07) is 13.0. The number of ether oxygens (including phenoxy) is 1. The number of nitrogens with two attached hydrogens (primary N) is 1. The molecule has 0 aliphatic rings. The number of nitrogens with one attached hydrogen (secondary N) is 3. The van der Waals surface area contributed by atoms with Gasteiger partial charge in [0.25, 0.3) is 5.91 Å². The molecule has 0 radical (unpaired) electrons. The van der Waals surface area contributed by atoms with Crippen LogP contribution in [-0.4, -0.2) is 37.3 Å². The Bertz CT molecular complexity index is 937. The van der Waals surface area contributed by atoms with Crippen LogP contribution in [0.15, 0.2) is 53.5 Å². The molecule has 0 spiro atoms. The average molecular weight is 446 g/mol. The van der Waals surface area contributed by atoms with Gasteiger partial charge in [-0.25, -0.2) is 10.8 Å². The zero-order valence-corrected chi connectivity index (χ0v) is 17.7. The Balaban J connectivity index is 2.00. The second kappa shape index (κ2) is 12.3. The van der Waals surface area contributed by atoms with Gasteiger partial charge in [0, 0.05) is 5.56 Å². The van der Waals surface area contributed by atoms with Gasteiger partial charge in [-0.15, -0.1) is 0 Å². The quantitative estimate of drug-likeness (QED) is 0.145. The van der Waals surface area contributed by atoms with Crippen molar-refractivity contribution >= 4 is 41.4 Å². The lowest BCUT2D eigenvalue weighted by molar-refractivity contribution is -0.143. The molecule has 5 N–H and O–H groups in total. The van der Waals surface area contributed by atoms with Crippen LogP contribution in [0.1, 0.15) is 35.3 Å². The molecule has 9 nitrogen and oxygen atoms in total. The molecule has 31 heavy (non-hydrogen) atoms. The average Bonchev–Trinajstić information content (AvgIpc) is 2.77. The lowest BCUT2D eigenvalue weighted by Crippen LogP contribution is -2.39. The molecule has 0 aliphatic heterocycles. The van der Waals surface area contributed by atoms with Crippen molar-refractivity contribution in [1.29, 1.82) is 0 Å². The number of rotatable bonds is 10. The summed E-state index contributed by atoms with van der Waals surface area (Å²) in [7, 11) is 0. The Labute approximate surface area is 185 Å². The second-order valence-corrected chi connectivity index (χ2v) is 6.72. The van der Waals surface area contributed by atoms with Crippen LogP contribution in [0.2, 0.25) is 5.02 Å². The summed E-state index contributed by atoms with van der Waals surface area (Å²) in [6.07, 6.45) is 1.20. The molecule has 2 aromatic carbocycles. The van der Waals surface area contributed by atoms with E-state index in [0.717, 1.165) is 5.56 Å². The number of hydrazine groups is 1. The van der Waals surface area contributed by atoms with E-state index in [4.69, 9.17) is 22.2 Å². The molecule has 0 saturated carbocycles. The highest BCUT2D eigenvalue weighted by Gasteiger charge is 2.19. The minimum absolute atomic E-state index is 0.0226. The van der Waals surface area contributed by atoms with Gasteiger partial charge in [-0.05, 0) is 30.7 Å². The van der Waals surface area contributed by atoms with Crippen molar-refractivity contribution in [3.8, 4) is 0 Å². The number of amides is 2. The zero-order valence-electron chi connectivity index (χ0n) is 16.9. The highest BCUT2D eigenvalue weighted by Crippen LogP contribution is 2.25. The molecule has 0 fully saturated rings. The largest absolute Gasteiger partial charge is 0.466 e. The first-order valence-corrected chi connectivity index (χ1v) is 9.88. The van der Waals surface area contributed by atoms with Gasteiger partial charge in [-0.3, -0.25) is 14.4 Å². The highest BCUT2D eigenvalue weighted by molar-refractivity contribution is 6.33. The van der Waals surface area contributed by atoms with Crippen LogP contribution in [0.3, 0.4) is 0 Å². The minimum atomic E-state index is -0.579. The van der Waals surface area contributed by atoms with E-state index in [9.17, 15) is 14.4 Å². The van der Waals surface area contributed by atoms with Gasteiger partial charge < -0.3 is 20.8 Å². The molecule has 0 aliphatic carbocycles. The second-order valence-electron chi connectivity index (χ2n) is 6.31. The third-order valence-corrected chi connectivity index (χ3v) is 4.43. The van der Waals surface area contributed by atoms with E-state index in [-0.39, 0.29) is 25.1 Å². The SMILES string of the molecule is CCOC(=O)CC(NC(=O)CNC(=O)c1ccc(Cl)c(N=CNN)c1)c1ccccc1. The molecule has 0 saturated heterocycles. The number of nitrogens with zero attached hydrogens (tertiary/aromatic N) is 1. The number of halogens is 1. The highest BCUT2D eigenvalue weighted by atomic mass is 35.5. The van der Waals surface area contributed by atoms with Gasteiger partial charge in [0.05, 0.1) is 36.3 Å². The Hall–Kier alpha value is -3.43. The summed E-state index contributed by atoms with van der Waals surface area (Å²) in [5.74, 6) is 3.78. The summed E-state index contributed by atoms with van der Waals surface area (Å²) in [4.78, 5) is 40.7. The predicted molar refractivity (Wildman–Crippen MR) is 118 cm³/mol. The van der Waals surface area contributed by atoms with E-state index < -0.39 is 23.8 Å². The molecule has 10 heteroatoms. The number of hydrogen-bond acceptors (Lipinski definition) is 6. The monoisotopic (exact) mass is 445 g/mol. The van der Waals surface area contributed by atoms with Crippen molar-refractivity contribution in [2.75, 3.05) is 13.2 Å². The van der Waals surface area contributed by atoms with E-state index in [2.05, 4.69) is 21.1 Å². The number of esters is 1. The molecule has 0 aromatic heterocycles. The van der Waals surface area contributed by atoms with Gasteiger partial charge in [0.1, 0.15) is 6.34 Å². The number of carbonyl (C=O) groups is 3. The molecule has 0 heterocycles. The zero-order chi connectivity index (χ0) is 22.6. The summed E-state index contributed by atoms with van der Waals surface area (Å²) in [5, 5.41) is 5.63. The lowest BCUT2D eigenvalue weighted by atomic mass is 10.0. The molecule has 2 amide bonds. The third kappa shape index (κ3) is 7.72. The molecule has 2 aromatic rings. The molecule has 1 unspecified atom stereocenters. The molecular weight excluding hydrogens is 422 g/mol. The van der Waals surface area contributed by atoms with Gasteiger partial charge in [0.2, 0.25) is 5.91 Å². The van der Waals surface area contributed by atoms with E-state index >= 15 is 0 Å². The van der Waals surface area contributed by atoms with Crippen LogP contribution < -0.4 is 21.9 Å². The van der Waals surface area contributed by atoms with Gasteiger partial charge in [0.15, 0.2) is 0 Å². The summed E-state index contributed by atoms with van der Waals surface area (Å²) < 4.78 is 4.99. The fourth-order valence-electron chi connectivity index (χ4n) is 2.69. The van der Waals surface area contributed by atoms with Crippen molar-refractivity contribution < 1.29 is 19.1 Å². The predicted octanol–water partition coefficient (Wildman–Crippen LogP) is 2.00. The molecule has 0 bridgehead atoms. The fourth-order valence-corrected chi connectivity index (χ4v) is 2.86. The van der Waals surface area contributed by atoms with Gasteiger partial charge in [-0.1, -0.05) is 41.9 Å². The first kappa shape index (κ1) is 23.8. The minimum Gasteiger partial charge on any atom is -0.466 e. The topological polar surface area (TPSA) is 135 Å². The molecule has 2 rings (SSSR count). The van der Waals surface area contributed by atoms with Crippen LogP contribution in [0.25, 0.3) is 0 Å². The number of benzene rings is 2. The number of hydrogen-bond donors (Lipinski definition) is 4. The number of aliphatic imine (C=N–C) groups is 1. The molecular formula is C21H24ClN5O4. The molecule has 164 valence electrons. The van der Waals surface area contributed by atoms with E-state index in [1.165, 1.54) is 24.5 Å². The smallest absolute Gasteiger partial charge is 0.308 e. The van der Waals surface area contributed by atoms with Crippen LogP contribution in [-0.2, 0) is 14.3 Å². The summed E-state index contributed by atoms with van der Waals surface area (Å²) >= 11 is 6.03. The van der Waals surface area contributed by atoms with Crippen molar-refractivity contribution in [3.05, 3.63) is 64.7 Å². The van der Waals surface area contributed by atoms with E-state index in [0.29, 0.717) is 10.7 Å². The lowest BCUT2D eigenvalue weighted by Gasteiger charge is -2.18. The standard InChI is InChI=1S/C21H24ClN5O4/c1-2-31-20(29)11-17(14-6-4-3-5-7-14)27-19(28)12-24-21(30)15-8-9-16(22)18(10-15)25-13-26-23/h3-10,13,17H,2,11-12,23H2,1H3,(H,24,30)(H,25,26)(H,27,28). The van der Waals surface area contributed by atoms with Crippen molar-refractivity contribution in [2.24, 2.45) is 10.8 Å². The van der Waals surface area contributed by atoms with Crippen LogP contribution in [0.4, 0.5) is 5.69 Å². The van der Waals surface area contributed by atoms with E-state index in [1.54, 1.807) is 19.1 Å². The number of carbonyl (C=O) groups excluding carboxylic acids is 3. The fraction of sp³-hybridized carbons (Fsp3) is 0.238. The first-order chi connectivity index (χ1) is 14.9. The first-order valence-electron chi connectivity index (χ1n) is 9.51. The summed E-state index contributed by atoms with van der Waals surface area (Å²) in [5.41, 5.74) is 3.62. The van der Waals surface area contributed by atoms with E-state index in [1.807, 2.05) is 18.2 Å². The van der Waals surface area contributed by atoms with Crippen molar-refractivity contribution in [1.82, 2.24) is 16.1 Å². The third-order valence-electron chi connectivity index (χ3n) is 4.11.